The predicted molar refractivity (Wildman–Crippen MR) is 62.7 cm³/mol. The molecular weight excluding hydrogens is 220 g/mol. The SMILES string of the molecule is CC[C@@](C)(CC(=O)O)NC(=O)c1ccncc1. The summed E-state index contributed by atoms with van der Waals surface area (Å²) >= 11 is 0. The normalized spacial score (nSPS) is 13.8. The number of aliphatic carboxylic acids is 1. The van der Waals surface area contributed by atoms with E-state index in [2.05, 4.69) is 10.3 Å². The lowest BCUT2D eigenvalue weighted by molar-refractivity contribution is -0.138. The lowest BCUT2D eigenvalue weighted by Crippen LogP contribution is -2.47. The molecule has 0 aliphatic carbocycles. The van der Waals surface area contributed by atoms with Crippen molar-refractivity contribution in [2.45, 2.75) is 32.2 Å². The van der Waals surface area contributed by atoms with Gasteiger partial charge in [-0.1, -0.05) is 6.92 Å². The van der Waals surface area contributed by atoms with Crippen LogP contribution < -0.4 is 5.32 Å². The Balaban J connectivity index is 2.75. The van der Waals surface area contributed by atoms with Crippen LogP contribution in [0.1, 0.15) is 37.0 Å². The van der Waals surface area contributed by atoms with E-state index in [1.165, 1.54) is 12.4 Å². The average Bonchev–Trinajstić information content (AvgIpc) is 2.29. The first-order chi connectivity index (χ1) is 7.97. The molecule has 1 heterocycles. The van der Waals surface area contributed by atoms with Gasteiger partial charge in [0.1, 0.15) is 0 Å². The van der Waals surface area contributed by atoms with E-state index in [1.54, 1.807) is 19.1 Å². The molecule has 0 radical (unpaired) electrons. The summed E-state index contributed by atoms with van der Waals surface area (Å²) in [6.45, 7) is 3.57. The summed E-state index contributed by atoms with van der Waals surface area (Å²) in [6, 6.07) is 3.18. The van der Waals surface area contributed by atoms with E-state index in [-0.39, 0.29) is 12.3 Å². The van der Waals surface area contributed by atoms with Gasteiger partial charge in [-0.15, -0.1) is 0 Å². The number of carboxylic acid groups (broad SMARTS) is 1. The summed E-state index contributed by atoms with van der Waals surface area (Å²) in [5.41, 5.74) is -0.253. The van der Waals surface area contributed by atoms with Crippen molar-refractivity contribution in [2.75, 3.05) is 0 Å². The zero-order chi connectivity index (χ0) is 12.9. The van der Waals surface area contributed by atoms with Crippen molar-refractivity contribution in [3.8, 4) is 0 Å². The number of hydrogen-bond donors (Lipinski definition) is 2. The Labute approximate surface area is 99.9 Å². The van der Waals surface area contributed by atoms with Crippen molar-refractivity contribution >= 4 is 11.9 Å². The minimum atomic E-state index is -0.927. The molecular formula is C12H16N2O3. The largest absolute Gasteiger partial charge is 0.481 e. The summed E-state index contributed by atoms with van der Waals surface area (Å²) in [4.78, 5) is 26.4. The van der Waals surface area contributed by atoms with E-state index in [1.807, 2.05) is 6.92 Å². The zero-order valence-electron chi connectivity index (χ0n) is 9.93. The molecule has 1 amide bonds. The first-order valence-electron chi connectivity index (χ1n) is 5.41. The van der Waals surface area contributed by atoms with E-state index in [0.717, 1.165) is 0 Å². The summed E-state index contributed by atoms with van der Waals surface area (Å²) in [7, 11) is 0. The molecule has 0 aliphatic rings. The molecule has 1 rings (SSSR count). The van der Waals surface area contributed by atoms with Gasteiger partial charge in [0.15, 0.2) is 0 Å². The van der Waals surface area contributed by atoms with Gasteiger partial charge in [0.2, 0.25) is 0 Å². The van der Waals surface area contributed by atoms with Crippen LogP contribution in [-0.2, 0) is 4.79 Å². The van der Waals surface area contributed by atoms with Crippen LogP contribution in [0.25, 0.3) is 0 Å². The van der Waals surface area contributed by atoms with Crippen molar-refractivity contribution < 1.29 is 14.7 Å². The number of carbonyl (C=O) groups excluding carboxylic acids is 1. The predicted octanol–water partition coefficient (Wildman–Crippen LogP) is 1.45. The molecule has 0 saturated heterocycles. The summed E-state index contributed by atoms with van der Waals surface area (Å²) < 4.78 is 0. The average molecular weight is 236 g/mol. The zero-order valence-corrected chi connectivity index (χ0v) is 9.93. The number of nitrogens with one attached hydrogen (secondary N) is 1. The van der Waals surface area contributed by atoms with Crippen molar-refractivity contribution in [3.05, 3.63) is 30.1 Å². The van der Waals surface area contributed by atoms with Gasteiger partial charge in [0.05, 0.1) is 6.42 Å². The molecule has 5 heteroatoms. The number of amides is 1. The first-order valence-corrected chi connectivity index (χ1v) is 5.41. The smallest absolute Gasteiger partial charge is 0.305 e. The second-order valence-corrected chi connectivity index (χ2v) is 4.17. The van der Waals surface area contributed by atoms with E-state index < -0.39 is 11.5 Å². The van der Waals surface area contributed by atoms with Crippen LogP contribution in [0.15, 0.2) is 24.5 Å². The first kappa shape index (κ1) is 13.2. The van der Waals surface area contributed by atoms with Crippen molar-refractivity contribution in [2.24, 2.45) is 0 Å². The van der Waals surface area contributed by atoms with Crippen molar-refractivity contribution in [1.29, 1.82) is 0 Å². The lowest BCUT2D eigenvalue weighted by atomic mass is 9.94. The molecule has 0 unspecified atom stereocenters. The maximum absolute atomic E-state index is 11.9. The molecule has 0 aliphatic heterocycles. The molecule has 0 aromatic carbocycles. The second kappa shape index (κ2) is 5.43. The van der Waals surface area contributed by atoms with Crippen LogP contribution in [0.4, 0.5) is 0 Å². The van der Waals surface area contributed by atoms with Crippen LogP contribution in [0.3, 0.4) is 0 Å². The van der Waals surface area contributed by atoms with Gasteiger partial charge in [-0.3, -0.25) is 14.6 Å². The van der Waals surface area contributed by atoms with E-state index in [0.29, 0.717) is 12.0 Å². The summed E-state index contributed by atoms with van der Waals surface area (Å²) in [6.07, 6.45) is 3.50. The molecule has 0 bridgehead atoms. The standard InChI is InChI=1S/C12H16N2O3/c1-3-12(2,8-10(15)16)14-11(17)9-4-6-13-7-5-9/h4-7H,3,8H2,1-2H3,(H,14,17)(H,15,16)/t12-/m0/s1. The Bertz CT molecular complexity index is 405. The van der Waals surface area contributed by atoms with Gasteiger partial charge in [-0.2, -0.15) is 0 Å². The molecule has 2 N–H and O–H groups in total. The Morgan fingerprint density at radius 1 is 1.41 bits per heavy atom. The number of hydrogen-bond acceptors (Lipinski definition) is 3. The van der Waals surface area contributed by atoms with Crippen LogP contribution in [0, 0.1) is 0 Å². The third kappa shape index (κ3) is 3.86. The minimum absolute atomic E-state index is 0.0969. The number of rotatable bonds is 5. The van der Waals surface area contributed by atoms with Crippen LogP contribution in [-0.4, -0.2) is 27.5 Å². The van der Waals surface area contributed by atoms with E-state index >= 15 is 0 Å². The van der Waals surface area contributed by atoms with Gasteiger partial charge in [-0.05, 0) is 25.5 Å². The molecule has 0 spiro atoms. The number of aromatic nitrogens is 1. The van der Waals surface area contributed by atoms with Gasteiger partial charge in [0.25, 0.3) is 5.91 Å². The maximum atomic E-state index is 11.9. The van der Waals surface area contributed by atoms with Crippen molar-refractivity contribution in [1.82, 2.24) is 10.3 Å². The second-order valence-electron chi connectivity index (χ2n) is 4.17. The fourth-order valence-electron chi connectivity index (χ4n) is 1.44. The molecule has 1 atom stereocenters. The van der Waals surface area contributed by atoms with E-state index in [9.17, 15) is 9.59 Å². The third-order valence-electron chi connectivity index (χ3n) is 2.68. The fourth-order valence-corrected chi connectivity index (χ4v) is 1.44. The fraction of sp³-hybridized carbons (Fsp3) is 0.417. The molecule has 1 aromatic heterocycles. The monoisotopic (exact) mass is 236 g/mol. The van der Waals surface area contributed by atoms with Gasteiger partial charge in [-0.25, -0.2) is 0 Å². The van der Waals surface area contributed by atoms with Gasteiger partial charge in [0, 0.05) is 23.5 Å². The van der Waals surface area contributed by atoms with Gasteiger partial charge >= 0.3 is 5.97 Å². The number of carbonyl (C=O) groups is 2. The molecule has 92 valence electrons. The number of carboxylic acids is 1. The molecule has 0 fully saturated rings. The van der Waals surface area contributed by atoms with E-state index in [4.69, 9.17) is 5.11 Å². The number of pyridine rings is 1. The highest BCUT2D eigenvalue weighted by atomic mass is 16.4. The summed E-state index contributed by atoms with van der Waals surface area (Å²) in [5, 5.41) is 11.5. The lowest BCUT2D eigenvalue weighted by Gasteiger charge is -2.27. The Hall–Kier alpha value is -1.91. The molecule has 1 aromatic rings. The Kier molecular flexibility index (Phi) is 4.20. The van der Waals surface area contributed by atoms with Crippen LogP contribution in [0.5, 0.6) is 0 Å². The highest BCUT2D eigenvalue weighted by Crippen LogP contribution is 2.15. The highest BCUT2D eigenvalue weighted by molar-refractivity contribution is 5.94. The Morgan fingerprint density at radius 3 is 2.47 bits per heavy atom. The van der Waals surface area contributed by atoms with Crippen molar-refractivity contribution in [3.63, 3.8) is 0 Å². The van der Waals surface area contributed by atoms with Crippen LogP contribution >= 0.6 is 0 Å². The number of nitrogens with zero attached hydrogens (tertiary/aromatic N) is 1. The molecule has 17 heavy (non-hydrogen) atoms. The topological polar surface area (TPSA) is 79.3 Å². The maximum Gasteiger partial charge on any atom is 0.305 e. The highest BCUT2D eigenvalue weighted by Gasteiger charge is 2.27. The molecule has 0 saturated carbocycles. The quantitative estimate of drug-likeness (QED) is 0.811. The molecule has 5 nitrogen and oxygen atoms in total. The van der Waals surface area contributed by atoms with Crippen LogP contribution in [0.2, 0.25) is 0 Å². The minimum Gasteiger partial charge on any atom is -0.481 e. The summed E-state index contributed by atoms with van der Waals surface area (Å²) in [5.74, 6) is -1.21. The Morgan fingerprint density at radius 2 is 2.00 bits per heavy atom. The third-order valence-corrected chi connectivity index (χ3v) is 2.68. The van der Waals surface area contributed by atoms with Gasteiger partial charge < -0.3 is 10.4 Å².